The average Bonchev–Trinajstić information content (AvgIpc) is 2.75. The molecule has 0 aromatic rings. The molecule has 4 nitrogen and oxygen atoms in total. The van der Waals surface area contributed by atoms with Crippen molar-refractivity contribution in [1.29, 1.82) is 0 Å². The lowest BCUT2D eigenvalue weighted by Crippen LogP contribution is -2.40. The third-order valence-corrected chi connectivity index (χ3v) is 2.49. The van der Waals surface area contributed by atoms with E-state index in [0.717, 1.165) is 0 Å². The summed E-state index contributed by atoms with van der Waals surface area (Å²) >= 11 is 11.1. The largest absolute Gasteiger partial charge is 0.348 e. The summed E-state index contributed by atoms with van der Waals surface area (Å²) in [5, 5.41) is 0. The smallest absolute Gasteiger partial charge is 0.256 e. The Morgan fingerprint density at radius 3 is 2.62 bits per heavy atom. The maximum absolute atomic E-state index is 11.7. The summed E-state index contributed by atoms with van der Waals surface area (Å²) in [4.78, 5) is 12.1. The number of allylic oxidation sites excluding steroid dienone is 1. The minimum Gasteiger partial charge on any atom is -0.348 e. The summed E-state index contributed by atoms with van der Waals surface area (Å²) in [7, 11) is 0. The summed E-state index contributed by atoms with van der Waals surface area (Å²) in [5.74, 6) is -0.333. The van der Waals surface area contributed by atoms with E-state index in [1.165, 1.54) is 4.90 Å². The predicted molar refractivity (Wildman–Crippen MR) is 62.6 cm³/mol. The summed E-state index contributed by atoms with van der Waals surface area (Å²) in [6.45, 7) is 3.79. The topological polar surface area (TPSA) is 38.8 Å². The quantitative estimate of drug-likeness (QED) is 0.561. The maximum atomic E-state index is 11.7. The highest BCUT2D eigenvalue weighted by Crippen LogP contribution is 2.11. The van der Waals surface area contributed by atoms with Crippen molar-refractivity contribution < 1.29 is 14.3 Å². The second-order valence-corrected chi connectivity index (χ2v) is 4.38. The van der Waals surface area contributed by atoms with Crippen molar-refractivity contribution in [2.24, 2.45) is 0 Å². The molecule has 0 unspecified atom stereocenters. The van der Waals surface area contributed by atoms with Gasteiger partial charge >= 0.3 is 0 Å². The molecule has 0 N–H and O–H groups in total. The van der Waals surface area contributed by atoms with Crippen molar-refractivity contribution in [3.8, 4) is 0 Å². The van der Waals surface area contributed by atoms with Crippen molar-refractivity contribution in [2.45, 2.75) is 18.1 Å². The molecule has 6 heteroatoms. The fraction of sp³-hybridized carbons (Fsp3) is 0.700. The zero-order valence-electron chi connectivity index (χ0n) is 9.07. The molecule has 0 spiro atoms. The molecule has 1 heterocycles. The molecule has 1 saturated heterocycles. The molecular weight excluding hydrogens is 253 g/mol. The van der Waals surface area contributed by atoms with Gasteiger partial charge in [0.15, 0.2) is 11.1 Å². The molecule has 16 heavy (non-hydrogen) atoms. The minimum atomic E-state index is -1.05. The van der Waals surface area contributed by atoms with Gasteiger partial charge in [-0.25, -0.2) is 0 Å². The van der Waals surface area contributed by atoms with Gasteiger partial charge in [-0.3, -0.25) is 4.79 Å². The summed E-state index contributed by atoms with van der Waals surface area (Å²) in [6, 6.07) is 0. The molecule has 0 aromatic carbocycles. The number of ether oxygens (including phenoxy) is 2. The second kappa shape index (κ2) is 7.12. The third-order valence-electron chi connectivity index (χ3n) is 2.12. The fourth-order valence-electron chi connectivity index (χ4n) is 1.32. The standard InChI is InChI=1S/C10H15Cl2NO3/c1-2-3-4-13(10(14)9(11)12)7-8-15-5-6-16-8/h2-3,8-9H,4-7H2,1H3/b3-2+. The molecule has 1 aliphatic heterocycles. The number of nitrogens with zero attached hydrogens (tertiary/aromatic N) is 1. The Morgan fingerprint density at radius 2 is 2.12 bits per heavy atom. The SMILES string of the molecule is C/C=C/CN(CC1OCCO1)C(=O)C(Cl)Cl. The number of rotatable bonds is 5. The minimum absolute atomic E-state index is 0.333. The van der Waals surface area contributed by atoms with Gasteiger partial charge in [0.05, 0.1) is 19.8 Å². The molecule has 0 aromatic heterocycles. The van der Waals surface area contributed by atoms with Gasteiger partial charge in [0.1, 0.15) is 0 Å². The van der Waals surface area contributed by atoms with Gasteiger partial charge in [-0.05, 0) is 6.92 Å². The van der Waals surface area contributed by atoms with Crippen LogP contribution < -0.4 is 0 Å². The van der Waals surface area contributed by atoms with Gasteiger partial charge in [-0.15, -0.1) is 0 Å². The monoisotopic (exact) mass is 267 g/mol. The lowest BCUT2D eigenvalue weighted by molar-refractivity contribution is -0.134. The number of amides is 1. The van der Waals surface area contributed by atoms with Gasteiger partial charge in [0.25, 0.3) is 5.91 Å². The first-order chi connectivity index (χ1) is 7.65. The van der Waals surface area contributed by atoms with Gasteiger partial charge in [-0.2, -0.15) is 0 Å². The Hall–Kier alpha value is -0.290. The Balaban J connectivity index is 2.51. The van der Waals surface area contributed by atoms with E-state index in [9.17, 15) is 4.79 Å². The van der Waals surface area contributed by atoms with E-state index in [0.29, 0.717) is 26.3 Å². The third kappa shape index (κ3) is 4.29. The molecule has 1 aliphatic rings. The Labute approximate surface area is 105 Å². The van der Waals surface area contributed by atoms with Crippen LogP contribution in [0.2, 0.25) is 0 Å². The lowest BCUT2D eigenvalue weighted by Gasteiger charge is -2.24. The van der Waals surface area contributed by atoms with E-state index in [-0.39, 0.29) is 12.2 Å². The average molecular weight is 268 g/mol. The maximum Gasteiger partial charge on any atom is 0.256 e. The highest BCUT2D eigenvalue weighted by Gasteiger charge is 2.25. The zero-order chi connectivity index (χ0) is 12.0. The van der Waals surface area contributed by atoms with Crippen LogP contribution in [0.1, 0.15) is 6.92 Å². The zero-order valence-corrected chi connectivity index (χ0v) is 10.6. The van der Waals surface area contributed by atoms with Gasteiger partial charge in [0, 0.05) is 6.54 Å². The van der Waals surface area contributed by atoms with Crippen LogP contribution in [0.4, 0.5) is 0 Å². The summed E-state index contributed by atoms with van der Waals surface area (Å²) in [5.41, 5.74) is 0. The second-order valence-electron chi connectivity index (χ2n) is 3.28. The Bertz CT molecular complexity index is 252. The summed E-state index contributed by atoms with van der Waals surface area (Å²) < 4.78 is 10.5. The predicted octanol–water partition coefficient (Wildman–Crippen LogP) is 1.57. The van der Waals surface area contributed by atoms with Crippen LogP contribution in [0.25, 0.3) is 0 Å². The number of carbonyl (C=O) groups is 1. The molecule has 0 saturated carbocycles. The highest BCUT2D eigenvalue weighted by atomic mass is 35.5. The molecule has 0 aliphatic carbocycles. The first kappa shape index (κ1) is 13.8. The van der Waals surface area contributed by atoms with Crippen LogP contribution in [0.15, 0.2) is 12.2 Å². The molecule has 0 atom stereocenters. The van der Waals surface area contributed by atoms with Crippen LogP contribution in [0, 0.1) is 0 Å². The van der Waals surface area contributed by atoms with E-state index in [2.05, 4.69) is 0 Å². The summed E-state index contributed by atoms with van der Waals surface area (Å²) in [6.07, 6.45) is 3.33. The van der Waals surface area contributed by atoms with Crippen molar-refractivity contribution in [3.63, 3.8) is 0 Å². The fourth-order valence-corrected chi connectivity index (χ4v) is 1.59. The van der Waals surface area contributed by atoms with Crippen LogP contribution in [0.5, 0.6) is 0 Å². The van der Waals surface area contributed by atoms with Crippen molar-refractivity contribution in [3.05, 3.63) is 12.2 Å². The number of alkyl halides is 2. The highest BCUT2D eigenvalue weighted by molar-refractivity contribution is 6.53. The first-order valence-corrected chi connectivity index (χ1v) is 5.93. The van der Waals surface area contributed by atoms with Gasteiger partial charge < -0.3 is 14.4 Å². The number of halogens is 2. The van der Waals surface area contributed by atoms with E-state index in [4.69, 9.17) is 32.7 Å². The van der Waals surface area contributed by atoms with Crippen LogP contribution >= 0.6 is 23.2 Å². The Kier molecular flexibility index (Phi) is 6.13. The molecule has 1 amide bonds. The number of carbonyl (C=O) groups excluding carboxylic acids is 1. The lowest BCUT2D eigenvalue weighted by atomic mass is 10.4. The number of hydrogen-bond acceptors (Lipinski definition) is 3. The van der Waals surface area contributed by atoms with E-state index >= 15 is 0 Å². The van der Waals surface area contributed by atoms with Crippen LogP contribution in [-0.4, -0.2) is 48.2 Å². The van der Waals surface area contributed by atoms with Gasteiger partial charge in [0.2, 0.25) is 0 Å². The molecule has 1 fully saturated rings. The van der Waals surface area contributed by atoms with E-state index < -0.39 is 4.84 Å². The Morgan fingerprint density at radius 1 is 1.50 bits per heavy atom. The molecule has 92 valence electrons. The van der Waals surface area contributed by atoms with Crippen molar-refractivity contribution >= 4 is 29.1 Å². The number of hydrogen-bond donors (Lipinski definition) is 0. The van der Waals surface area contributed by atoms with Crippen LogP contribution in [-0.2, 0) is 14.3 Å². The molecule has 0 bridgehead atoms. The van der Waals surface area contributed by atoms with E-state index in [1.54, 1.807) is 0 Å². The first-order valence-electron chi connectivity index (χ1n) is 5.06. The van der Waals surface area contributed by atoms with E-state index in [1.807, 2.05) is 19.1 Å². The van der Waals surface area contributed by atoms with Crippen LogP contribution in [0.3, 0.4) is 0 Å². The van der Waals surface area contributed by atoms with Crippen molar-refractivity contribution in [1.82, 2.24) is 4.90 Å². The molecule has 1 rings (SSSR count). The van der Waals surface area contributed by atoms with Gasteiger partial charge in [-0.1, -0.05) is 35.4 Å². The molecular formula is C10H15Cl2NO3. The normalized spacial score (nSPS) is 17.5. The molecule has 0 radical (unpaired) electrons. The van der Waals surface area contributed by atoms with Crippen molar-refractivity contribution in [2.75, 3.05) is 26.3 Å².